The standard InChI is InChI=1S/C54H55F3N6O10S2/c1-5-71-53(66)36-10-24-51(58-32-36)59-39-11-22-49(37(28-39)30-41-8-6-26-62(41)34(2)64)73-44-15-19-46(20-16-44)75(69,70)33-48-47(54(55,56)57)21-25-52(61-48)60-40-12-23-50(72-43-13-17-45(18-14-43)74(4,67)68)38(29-40)31-42-9-7-27-63(42)35(3)65/h10-25,28-29,32,41-42H,5-9,26-27,30-31,33H2,1-4H3,(H,58,59)(H,60,61). The highest BCUT2D eigenvalue weighted by atomic mass is 32.2. The fourth-order valence-electron chi connectivity index (χ4n) is 9.29. The normalized spacial score (nSPS) is 15.9. The number of benzene rings is 4. The number of nitrogens with zero attached hydrogens (tertiary/aromatic N) is 4. The van der Waals surface area contributed by atoms with E-state index in [1.165, 1.54) is 68.6 Å². The molecule has 16 nitrogen and oxygen atoms in total. The van der Waals surface area contributed by atoms with Gasteiger partial charge in [-0.3, -0.25) is 9.59 Å². The van der Waals surface area contributed by atoms with Crippen molar-refractivity contribution in [3.8, 4) is 23.0 Å². The van der Waals surface area contributed by atoms with Gasteiger partial charge < -0.3 is 34.6 Å². The Kier molecular flexibility index (Phi) is 16.2. The van der Waals surface area contributed by atoms with E-state index in [-0.39, 0.29) is 51.9 Å². The number of rotatable bonds is 18. The average molecular weight is 1070 g/mol. The highest BCUT2D eigenvalue weighted by Crippen LogP contribution is 2.38. The fraction of sp³-hybridized carbons (Fsp3) is 0.315. The molecular formula is C54H55F3N6O10S2. The van der Waals surface area contributed by atoms with E-state index >= 15 is 0 Å². The van der Waals surface area contributed by atoms with Gasteiger partial charge >= 0.3 is 12.1 Å². The third kappa shape index (κ3) is 13.4. The molecule has 0 aliphatic carbocycles. The first-order valence-electron chi connectivity index (χ1n) is 24.2. The maximum absolute atomic E-state index is 14.5. The van der Waals surface area contributed by atoms with Gasteiger partial charge in [0.2, 0.25) is 11.8 Å². The van der Waals surface area contributed by atoms with E-state index in [0.717, 1.165) is 49.6 Å². The van der Waals surface area contributed by atoms with Gasteiger partial charge in [-0.1, -0.05) is 0 Å². The molecule has 2 aromatic heterocycles. The first-order chi connectivity index (χ1) is 35.6. The van der Waals surface area contributed by atoms with E-state index in [9.17, 15) is 44.4 Å². The third-order valence-electron chi connectivity index (χ3n) is 12.9. The molecule has 0 bridgehead atoms. The zero-order valence-corrected chi connectivity index (χ0v) is 43.2. The molecule has 2 aliphatic rings. The summed E-state index contributed by atoms with van der Waals surface area (Å²) in [7, 11) is -7.90. The predicted molar refractivity (Wildman–Crippen MR) is 274 cm³/mol. The second-order valence-electron chi connectivity index (χ2n) is 18.3. The Labute approximate surface area is 433 Å². The van der Waals surface area contributed by atoms with Crippen molar-refractivity contribution >= 4 is 60.5 Å². The molecule has 2 unspecified atom stereocenters. The summed E-state index contributed by atoms with van der Waals surface area (Å²) < 4.78 is 113. The minimum absolute atomic E-state index is 0.0542. The quantitative estimate of drug-likeness (QED) is 0.0769. The van der Waals surface area contributed by atoms with Gasteiger partial charge in [0.1, 0.15) is 34.6 Å². The maximum Gasteiger partial charge on any atom is 0.418 e. The number of anilines is 4. The van der Waals surface area contributed by atoms with Crippen LogP contribution < -0.4 is 20.1 Å². The van der Waals surface area contributed by atoms with Crippen LogP contribution in [-0.2, 0) is 58.8 Å². The van der Waals surface area contributed by atoms with Crippen LogP contribution in [0.5, 0.6) is 23.0 Å². The second-order valence-corrected chi connectivity index (χ2v) is 22.3. The number of ether oxygens (including phenoxy) is 3. The molecule has 2 saturated heterocycles. The van der Waals surface area contributed by atoms with E-state index in [1.807, 2.05) is 11.0 Å². The van der Waals surface area contributed by atoms with Gasteiger partial charge in [-0.05, 0) is 166 Å². The fourth-order valence-corrected chi connectivity index (χ4v) is 11.2. The summed E-state index contributed by atoms with van der Waals surface area (Å²) in [4.78, 5) is 49.1. The number of sulfone groups is 2. The number of hydrogen-bond acceptors (Lipinski definition) is 14. The molecule has 0 radical (unpaired) electrons. The summed E-state index contributed by atoms with van der Waals surface area (Å²) >= 11 is 0. The van der Waals surface area contributed by atoms with Crippen molar-refractivity contribution in [2.75, 3.05) is 36.6 Å². The van der Waals surface area contributed by atoms with E-state index in [4.69, 9.17) is 14.2 Å². The van der Waals surface area contributed by atoms with Crippen LogP contribution in [0.15, 0.2) is 125 Å². The van der Waals surface area contributed by atoms with Crippen LogP contribution >= 0.6 is 0 Å². The van der Waals surface area contributed by atoms with Crippen LogP contribution in [0.1, 0.15) is 79.2 Å². The Bertz CT molecular complexity index is 3310. The lowest BCUT2D eigenvalue weighted by molar-refractivity contribution is -0.138. The lowest BCUT2D eigenvalue weighted by Gasteiger charge is -2.24. The van der Waals surface area contributed by atoms with Gasteiger partial charge in [0, 0.05) is 62.8 Å². The second kappa shape index (κ2) is 22.5. The van der Waals surface area contributed by atoms with Crippen molar-refractivity contribution in [2.24, 2.45) is 0 Å². The molecule has 0 saturated carbocycles. The van der Waals surface area contributed by atoms with Crippen molar-refractivity contribution in [3.05, 3.63) is 143 Å². The number of carbonyl (C=O) groups excluding carboxylic acids is 3. The molecule has 394 valence electrons. The molecule has 4 heterocycles. The number of amides is 2. The number of nitrogens with one attached hydrogen (secondary N) is 2. The Morgan fingerprint density at radius 3 is 1.65 bits per heavy atom. The van der Waals surface area contributed by atoms with Gasteiger partial charge in [-0.15, -0.1) is 0 Å². The largest absolute Gasteiger partial charge is 0.462 e. The number of halogens is 3. The summed E-state index contributed by atoms with van der Waals surface area (Å²) in [6.45, 7) is 6.14. The molecule has 4 aromatic carbocycles. The summed E-state index contributed by atoms with van der Waals surface area (Å²) in [5, 5.41) is 6.24. The van der Waals surface area contributed by atoms with Crippen molar-refractivity contribution in [2.45, 2.75) is 93.1 Å². The average Bonchev–Trinajstić information content (AvgIpc) is 4.03. The maximum atomic E-state index is 14.5. The van der Waals surface area contributed by atoms with Gasteiger partial charge in [-0.2, -0.15) is 13.2 Å². The number of likely N-dealkylation sites (tertiary alicyclic amines) is 2. The van der Waals surface area contributed by atoms with Crippen LogP contribution in [0.4, 0.5) is 36.2 Å². The highest BCUT2D eigenvalue weighted by Gasteiger charge is 2.36. The van der Waals surface area contributed by atoms with E-state index in [0.29, 0.717) is 71.5 Å². The van der Waals surface area contributed by atoms with Crippen molar-refractivity contribution < 1.29 is 58.6 Å². The van der Waals surface area contributed by atoms with Gasteiger partial charge in [0.05, 0.1) is 39.0 Å². The van der Waals surface area contributed by atoms with Gasteiger partial charge in [0.25, 0.3) is 0 Å². The number of aromatic nitrogens is 2. The third-order valence-corrected chi connectivity index (χ3v) is 15.7. The molecule has 2 atom stereocenters. The van der Waals surface area contributed by atoms with Crippen LogP contribution in [0, 0.1) is 0 Å². The summed E-state index contributed by atoms with van der Waals surface area (Å²) in [5.74, 6) is 0.0665. The highest BCUT2D eigenvalue weighted by molar-refractivity contribution is 7.91. The van der Waals surface area contributed by atoms with Crippen molar-refractivity contribution in [1.29, 1.82) is 0 Å². The Morgan fingerprint density at radius 1 is 0.680 bits per heavy atom. The van der Waals surface area contributed by atoms with Gasteiger partial charge in [0.15, 0.2) is 19.7 Å². The zero-order valence-electron chi connectivity index (χ0n) is 41.5. The zero-order chi connectivity index (χ0) is 53.7. The molecule has 6 aromatic rings. The Balaban J connectivity index is 1.02. The molecule has 21 heteroatoms. The summed E-state index contributed by atoms with van der Waals surface area (Å²) in [5.41, 5.74) is 0.729. The molecule has 75 heavy (non-hydrogen) atoms. The molecule has 2 amide bonds. The van der Waals surface area contributed by atoms with Crippen LogP contribution in [0.3, 0.4) is 0 Å². The number of hydrogen-bond donors (Lipinski definition) is 2. The molecule has 8 rings (SSSR count). The topological polar surface area (TPSA) is 204 Å². The van der Waals surface area contributed by atoms with Crippen LogP contribution in [-0.4, -0.2) is 92.4 Å². The number of pyridine rings is 2. The van der Waals surface area contributed by atoms with Crippen LogP contribution in [0.2, 0.25) is 0 Å². The Hall–Kier alpha value is -7.52. The number of alkyl halides is 3. The minimum atomic E-state index is -4.95. The molecule has 0 spiro atoms. The molecular weight excluding hydrogens is 1010 g/mol. The first-order valence-corrected chi connectivity index (χ1v) is 27.7. The van der Waals surface area contributed by atoms with Crippen molar-refractivity contribution in [1.82, 2.24) is 19.8 Å². The van der Waals surface area contributed by atoms with Crippen molar-refractivity contribution in [3.63, 3.8) is 0 Å². The molecule has 2 aliphatic heterocycles. The lowest BCUT2D eigenvalue weighted by Crippen LogP contribution is -2.35. The molecule has 2 fully saturated rings. The molecule has 2 N–H and O–H groups in total. The van der Waals surface area contributed by atoms with Gasteiger partial charge in [-0.25, -0.2) is 31.6 Å². The lowest BCUT2D eigenvalue weighted by atomic mass is 10.0. The monoisotopic (exact) mass is 1070 g/mol. The smallest absolute Gasteiger partial charge is 0.418 e. The minimum Gasteiger partial charge on any atom is -0.462 e. The van der Waals surface area contributed by atoms with Crippen LogP contribution in [0.25, 0.3) is 0 Å². The van der Waals surface area contributed by atoms with E-state index < -0.39 is 48.8 Å². The summed E-state index contributed by atoms with van der Waals surface area (Å²) in [6, 6.07) is 26.3. The van der Waals surface area contributed by atoms with E-state index in [1.54, 1.807) is 54.3 Å². The first kappa shape index (κ1) is 53.8. The number of carbonyl (C=O) groups is 3. The van der Waals surface area contributed by atoms with E-state index in [2.05, 4.69) is 20.6 Å². The Morgan fingerprint density at radius 2 is 1.19 bits per heavy atom. The SMILES string of the molecule is CCOC(=O)c1ccc(Nc2ccc(Oc3ccc(S(=O)(=O)Cc4nc(Nc5ccc(Oc6ccc(S(C)(=O)=O)cc6)c(CC6CCCN6C(C)=O)c5)ccc4C(F)(F)F)cc3)c(CC3CCCN3C(C)=O)c2)nc1. The number of esters is 1. The predicted octanol–water partition coefficient (Wildman–Crippen LogP) is 10.2. The summed E-state index contributed by atoms with van der Waals surface area (Å²) in [6.07, 6.45) is 1.46.